The van der Waals surface area contributed by atoms with Crippen LogP contribution in [-0.2, 0) is 25.7 Å². The van der Waals surface area contributed by atoms with Gasteiger partial charge in [0.2, 0.25) is 0 Å². The number of fused-ring (bicyclic) bond motifs is 1. The topological polar surface area (TPSA) is 83.9 Å². The van der Waals surface area contributed by atoms with Gasteiger partial charge in [-0.3, -0.25) is 14.4 Å². The summed E-state index contributed by atoms with van der Waals surface area (Å²) in [4.78, 5) is 41.1. The molecule has 0 radical (unpaired) electrons. The highest BCUT2D eigenvalue weighted by atomic mass is 16.6. The predicted molar refractivity (Wildman–Crippen MR) is 178 cm³/mol. The molecular weight excluding hydrogens is 550 g/mol. The third kappa shape index (κ3) is 11.1. The molecule has 0 unspecified atom stereocenters. The largest absolute Gasteiger partial charge is 0.509 e. The van der Waals surface area contributed by atoms with E-state index < -0.39 is 23.5 Å². The van der Waals surface area contributed by atoms with Crippen molar-refractivity contribution in [1.82, 2.24) is 4.90 Å². The summed E-state index contributed by atoms with van der Waals surface area (Å²) in [5.74, 6) is -1.37. The van der Waals surface area contributed by atoms with E-state index in [1.54, 1.807) is 25.7 Å². The Morgan fingerprint density at radius 1 is 0.795 bits per heavy atom. The lowest BCUT2D eigenvalue weighted by Gasteiger charge is -2.26. The van der Waals surface area contributed by atoms with Crippen LogP contribution in [0.1, 0.15) is 136 Å². The number of carbonyl (C=O) groups excluding carboxylic acids is 3. The number of hydrogen-bond donors (Lipinski definition) is 1. The van der Waals surface area contributed by atoms with Gasteiger partial charge in [0.15, 0.2) is 5.78 Å². The van der Waals surface area contributed by atoms with Gasteiger partial charge in [0.05, 0.1) is 6.04 Å². The van der Waals surface area contributed by atoms with Gasteiger partial charge in [0.1, 0.15) is 16.9 Å². The highest BCUT2D eigenvalue weighted by Gasteiger charge is 2.42. The second kappa shape index (κ2) is 18.0. The molecule has 0 saturated heterocycles. The van der Waals surface area contributed by atoms with Gasteiger partial charge in [-0.15, -0.1) is 0 Å². The maximum atomic E-state index is 13.7. The molecule has 0 spiro atoms. The number of benzene rings is 2. The van der Waals surface area contributed by atoms with Gasteiger partial charge in [-0.05, 0) is 49.9 Å². The Balaban J connectivity index is 1.55. The Labute approximate surface area is 265 Å². The van der Waals surface area contributed by atoms with Crippen molar-refractivity contribution in [2.45, 2.75) is 149 Å². The van der Waals surface area contributed by atoms with Crippen LogP contribution >= 0.6 is 0 Å². The first-order valence-electron chi connectivity index (χ1n) is 17.1. The summed E-state index contributed by atoms with van der Waals surface area (Å²) in [5, 5.41) is 13.3. The average Bonchev–Trinajstić information content (AvgIpc) is 3.21. The van der Waals surface area contributed by atoms with Crippen LogP contribution in [0.4, 0.5) is 0 Å². The van der Waals surface area contributed by atoms with Crippen molar-refractivity contribution in [3.8, 4) is 0 Å². The number of carbonyl (C=O) groups is 3. The second-order valence-corrected chi connectivity index (χ2v) is 13.4. The number of ether oxygens (including phenoxy) is 1. The monoisotopic (exact) mass is 605 g/mol. The van der Waals surface area contributed by atoms with Gasteiger partial charge in [0, 0.05) is 19.4 Å². The van der Waals surface area contributed by atoms with Crippen molar-refractivity contribution in [3.05, 3.63) is 59.4 Å². The molecule has 2 aromatic rings. The molecular formula is C38H55NO5. The zero-order chi connectivity index (χ0) is 32.0. The number of amides is 1. The van der Waals surface area contributed by atoms with Crippen LogP contribution in [-0.4, -0.2) is 39.3 Å². The third-order valence-electron chi connectivity index (χ3n) is 8.47. The molecule has 242 valence electrons. The minimum Gasteiger partial charge on any atom is -0.509 e. The fourth-order valence-corrected chi connectivity index (χ4v) is 6.13. The smallest absolute Gasteiger partial charge is 0.306 e. The van der Waals surface area contributed by atoms with E-state index in [2.05, 4.69) is 6.92 Å². The van der Waals surface area contributed by atoms with Crippen molar-refractivity contribution in [2.75, 3.05) is 0 Å². The molecule has 6 nitrogen and oxygen atoms in total. The molecule has 1 aliphatic heterocycles. The molecule has 6 heteroatoms. The Morgan fingerprint density at radius 3 is 1.98 bits per heavy atom. The maximum Gasteiger partial charge on any atom is 0.306 e. The molecule has 1 atom stereocenters. The lowest BCUT2D eigenvalue weighted by atomic mass is 10.0. The first-order chi connectivity index (χ1) is 21.1. The Hall–Kier alpha value is -3.15. The fraction of sp³-hybridized carbons (Fsp3) is 0.605. The number of nitrogens with zero attached hydrogens (tertiary/aromatic N) is 1. The summed E-state index contributed by atoms with van der Waals surface area (Å²) in [5.41, 5.74) is 0.188. The number of ketones is 1. The quantitative estimate of drug-likeness (QED) is 0.0923. The lowest BCUT2D eigenvalue weighted by molar-refractivity contribution is -0.155. The van der Waals surface area contributed by atoms with E-state index in [4.69, 9.17) is 4.74 Å². The standard InChI is InChI=1S/C38H55NO5/c1-5-6-7-8-9-10-11-12-13-14-15-16-17-25-33(40)35-36(42)32(26-27-34(41)44-38(2,3)4)39(37(35)43)28-30-23-20-22-29-21-18-19-24-31(29)30/h18-24,32,42H,5-17,25-28H2,1-4H3/t32-/m0/s1. The first-order valence-corrected chi connectivity index (χ1v) is 17.1. The Morgan fingerprint density at radius 2 is 1.36 bits per heavy atom. The molecule has 0 aliphatic carbocycles. The van der Waals surface area contributed by atoms with Crippen LogP contribution in [0, 0.1) is 0 Å². The molecule has 1 heterocycles. The maximum absolute atomic E-state index is 13.7. The van der Waals surface area contributed by atoms with Crippen molar-refractivity contribution in [3.63, 3.8) is 0 Å². The summed E-state index contributed by atoms with van der Waals surface area (Å²) >= 11 is 0. The first kappa shape index (κ1) is 35.3. The van der Waals surface area contributed by atoms with Crippen LogP contribution in [0.2, 0.25) is 0 Å². The number of hydrogen-bond acceptors (Lipinski definition) is 5. The van der Waals surface area contributed by atoms with E-state index in [1.807, 2.05) is 42.5 Å². The Kier molecular flexibility index (Phi) is 14.4. The van der Waals surface area contributed by atoms with E-state index in [1.165, 1.54) is 64.2 Å². The number of aliphatic hydroxyl groups is 1. The summed E-state index contributed by atoms with van der Waals surface area (Å²) in [6.45, 7) is 7.91. The van der Waals surface area contributed by atoms with Crippen molar-refractivity contribution >= 4 is 28.4 Å². The van der Waals surface area contributed by atoms with E-state index in [-0.39, 0.29) is 42.9 Å². The van der Waals surface area contributed by atoms with Gasteiger partial charge in [-0.25, -0.2) is 0 Å². The van der Waals surface area contributed by atoms with E-state index in [9.17, 15) is 19.5 Å². The fourth-order valence-electron chi connectivity index (χ4n) is 6.13. The van der Waals surface area contributed by atoms with E-state index >= 15 is 0 Å². The molecule has 44 heavy (non-hydrogen) atoms. The molecule has 3 rings (SSSR count). The highest BCUT2D eigenvalue weighted by molar-refractivity contribution is 6.21. The lowest BCUT2D eigenvalue weighted by Crippen LogP contribution is -2.36. The summed E-state index contributed by atoms with van der Waals surface area (Å²) < 4.78 is 5.47. The third-order valence-corrected chi connectivity index (χ3v) is 8.47. The summed E-state index contributed by atoms with van der Waals surface area (Å²) in [7, 11) is 0. The summed E-state index contributed by atoms with van der Waals surface area (Å²) in [6.07, 6.45) is 16.2. The predicted octanol–water partition coefficient (Wildman–Crippen LogP) is 9.53. The van der Waals surface area contributed by atoms with Crippen LogP contribution in [0.5, 0.6) is 0 Å². The minimum atomic E-state index is -0.750. The molecule has 1 aliphatic rings. The zero-order valence-electron chi connectivity index (χ0n) is 27.7. The molecule has 1 N–H and O–H groups in total. The van der Waals surface area contributed by atoms with Gasteiger partial charge in [-0.2, -0.15) is 0 Å². The van der Waals surface area contributed by atoms with Crippen LogP contribution in [0.15, 0.2) is 53.8 Å². The van der Waals surface area contributed by atoms with E-state index in [0.29, 0.717) is 6.42 Å². The molecule has 0 saturated carbocycles. The van der Waals surface area contributed by atoms with Crippen LogP contribution < -0.4 is 0 Å². The van der Waals surface area contributed by atoms with E-state index in [0.717, 1.165) is 29.2 Å². The number of aliphatic hydroxyl groups excluding tert-OH is 1. The molecule has 2 aromatic carbocycles. The van der Waals surface area contributed by atoms with Crippen molar-refractivity contribution in [1.29, 1.82) is 0 Å². The van der Waals surface area contributed by atoms with Gasteiger partial charge in [0.25, 0.3) is 5.91 Å². The molecule has 0 aromatic heterocycles. The SMILES string of the molecule is CCCCCCCCCCCCCCCC(=O)C1=C(O)[C@H](CCC(=O)OC(C)(C)C)N(Cc2cccc3ccccc23)C1=O. The average molecular weight is 606 g/mol. The minimum absolute atomic E-state index is 0.0334. The van der Waals surface area contributed by atoms with Gasteiger partial charge >= 0.3 is 5.97 Å². The van der Waals surface area contributed by atoms with Crippen LogP contribution in [0.25, 0.3) is 10.8 Å². The van der Waals surface area contributed by atoms with Crippen LogP contribution in [0.3, 0.4) is 0 Å². The highest BCUT2D eigenvalue weighted by Crippen LogP contribution is 2.32. The molecule has 0 bridgehead atoms. The number of unbranched alkanes of at least 4 members (excludes halogenated alkanes) is 12. The number of esters is 1. The number of Topliss-reactive ketones (excluding diaryl/α,β-unsaturated/α-hetero) is 1. The molecule has 0 fully saturated rings. The van der Waals surface area contributed by atoms with Gasteiger partial charge in [-0.1, -0.05) is 126 Å². The molecule has 1 amide bonds. The summed E-state index contributed by atoms with van der Waals surface area (Å²) in [6, 6.07) is 13.1. The Bertz CT molecular complexity index is 1250. The zero-order valence-corrected chi connectivity index (χ0v) is 27.7. The van der Waals surface area contributed by atoms with Crippen molar-refractivity contribution < 1.29 is 24.2 Å². The number of rotatable bonds is 20. The second-order valence-electron chi connectivity index (χ2n) is 13.4. The van der Waals surface area contributed by atoms with Gasteiger partial charge < -0.3 is 14.7 Å². The normalized spacial score (nSPS) is 15.4. The van der Waals surface area contributed by atoms with Crippen molar-refractivity contribution in [2.24, 2.45) is 0 Å².